The number of aryl methyl sites for hydroxylation is 3. The summed E-state index contributed by atoms with van der Waals surface area (Å²) in [4.78, 5) is 4.42. The largest absolute Gasteiger partial charge is 0.286 e. The standard InChI is InChI=1S/C16H16FN2/c1-4-13-14-15(17)12-8-6-5-7-11(12)10(2)16(14)18-9-19(13)3/h5-9H,4H2,1-3H3/q+1. The molecule has 0 radical (unpaired) electrons. The maximum atomic E-state index is 14.8. The van der Waals surface area contributed by atoms with Crippen molar-refractivity contribution >= 4 is 21.7 Å². The number of benzene rings is 2. The fourth-order valence-electron chi connectivity index (χ4n) is 2.80. The number of hydrogen-bond donors (Lipinski definition) is 0. The Morgan fingerprint density at radius 3 is 2.58 bits per heavy atom. The second kappa shape index (κ2) is 4.26. The molecule has 0 aliphatic rings. The number of aromatic nitrogens is 2. The first kappa shape index (κ1) is 12.0. The minimum Gasteiger partial charge on any atom is -0.236 e. The van der Waals surface area contributed by atoms with E-state index < -0.39 is 0 Å². The molecule has 0 atom stereocenters. The predicted octanol–water partition coefficient (Wildman–Crippen LogP) is 3.22. The first-order chi connectivity index (χ1) is 9.15. The van der Waals surface area contributed by atoms with Crippen LogP contribution < -0.4 is 4.57 Å². The van der Waals surface area contributed by atoms with Crippen LogP contribution in [0.25, 0.3) is 21.7 Å². The zero-order chi connectivity index (χ0) is 13.6. The topological polar surface area (TPSA) is 16.8 Å². The molecule has 0 bridgehead atoms. The minimum atomic E-state index is -0.156. The molecule has 0 aliphatic heterocycles. The molecule has 3 rings (SSSR count). The molecule has 0 saturated heterocycles. The summed E-state index contributed by atoms with van der Waals surface area (Å²) in [6, 6.07) is 7.60. The van der Waals surface area contributed by atoms with Crippen LogP contribution in [-0.2, 0) is 13.5 Å². The molecule has 2 aromatic carbocycles. The maximum absolute atomic E-state index is 14.8. The van der Waals surface area contributed by atoms with E-state index in [4.69, 9.17) is 0 Å². The molecule has 0 saturated carbocycles. The zero-order valence-corrected chi connectivity index (χ0v) is 11.4. The second-order valence-electron chi connectivity index (χ2n) is 4.86. The fraction of sp³-hybridized carbons (Fsp3) is 0.250. The molecular formula is C16H16FN2+. The Balaban J connectivity index is 2.64. The number of halogens is 1. The van der Waals surface area contributed by atoms with E-state index in [1.54, 1.807) is 6.33 Å². The maximum Gasteiger partial charge on any atom is 0.286 e. The molecular weight excluding hydrogens is 239 g/mol. The van der Waals surface area contributed by atoms with E-state index >= 15 is 0 Å². The number of rotatable bonds is 1. The van der Waals surface area contributed by atoms with Gasteiger partial charge in [0.1, 0.15) is 16.9 Å². The molecule has 1 heterocycles. The molecule has 1 aromatic heterocycles. The minimum absolute atomic E-state index is 0.156. The molecule has 19 heavy (non-hydrogen) atoms. The molecule has 0 unspecified atom stereocenters. The van der Waals surface area contributed by atoms with Gasteiger partial charge in [-0.2, -0.15) is 0 Å². The van der Waals surface area contributed by atoms with Gasteiger partial charge in [-0.15, -0.1) is 0 Å². The molecule has 0 amide bonds. The van der Waals surface area contributed by atoms with E-state index in [1.165, 1.54) is 0 Å². The van der Waals surface area contributed by atoms with Crippen LogP contribution in [0.15, 0.2) is 30.6 Å². The van der Waals surface area contributed by atoms with Crippen LogP contribution in [0.3, 0.4) is 0 Å². The third kappa shape index (κ3) is 1.61. The van der Waals surface area contributed by atoms with Gasteiger partial charge < -0.3 is 0 Å². The van der Waals surface area contributed by atoms with Gasteiger partial charge in [-0.25, -0.2) is 8.96 Å². The van der Waals surface area contributed by atoms with E-state index in [2.05, 4.69) is 4.98 Å². The molecule has 3 aromatic rings. The molecule has 0 fully saturated rings. The van der Waals surface area contributed by atoms with Gasteiger partial charge in [0.25, 0.3) is 6.33 Å². The third-order valence-corrected chi connectivity index (χ3v) is 3.79. The van der Waals surface area contributed by atoms with Crippen LogP contribution in [0.4, 0.5) is 4.39 Å². The summed E-state index contributed by atoms with van der Waals surface area (Å²) >= 11 is 0. The van der Waals surface area contributed by atoms with Crippen molar-refractivity contribution in [1.82, 2.24) is 4.98 Å². The van der Waals surface area contributed by atoms with Gasteiger partial charge in [-0.3, -0.25) is 0 Å². The zero-order valence-electron chi connectivity index (χ0n) is 11.4. The van der Waals surface area contributed by atoms with Crippen LogP contribution in [-0.4, -0.2) is 4.98 Å². The first-order valence-corrected chi connectivity index (χ1v) is 6.49. The molecule has 0 aliphatic carbocycles. The summed E-state index contributed by atoms with van der Waals surface area (Å²) in [6.45, 7) is 4.05. The highest BCUT2D eigenvalue weighted by atomic mass is 19.1. The fourth-order valence-corrected chi connectivity index (χ4v) is 2.80. The van der Waals surface area contributed by atoms with Crippen LogP contribution in [0.2, 0.25) is 0 Å². The van der Waals surface area contributed by atoms with Crippen molar-refractivity contribution in [3.05, 3.63) is 47.7 Å². The van der Waals surface area contributed by atoms with Crippen LogP contribution >= 0.6 is 0 Å². The van der Waals surface area contributed by atoms with Gasteiger partial charge in [0.2, 0.25) is 0 Å². The van der Waals surface area contributed by atoms with Gasteiger partial charge in [0, 0.05) is 17.4 Å². The summed E-state index contributed by atoms with van der Waals surface area (Å²) in [7, 11) is 1.91. The summed E-state index contributed by atoms with van der Waals surface area (Å²) in [5.41, 5.74) is 2.80. The Hall–Kier alpha value is -2.03. The monoisotopic (exact) mass is 255 g/mol. The van der Waals surface area contributed by atoms with Crippen molar-refractivity contribution in [2.75, 3.05) is 0 Å². The van der Waals surface area contributed by atoms with Crippen molar-refractivity contribution < 1.29 is 8.96 Å². The van der Waals surface area contributed by atoms with Gasteiger partial charge in [0.15, 0.2) is 5.52 Å². The highest BCUT2D eigenvalue weighted by Crippen LogP contribution is 2.30. The Bertz CT molecular complexity index is 794. The van der Waals surface area contributed by atoms with Gasteiger partial charge in [-0.05, 0) is 17.3 Å². The average molecular weight is 255 g/mol. The SMILES string of the molecule is CCc1c2c(F)c3ccccc3c(C)c2nc[n+]1C. The molecule has 3 heteroatoms. The quantitative estimate of drug-likeness (QED) is 0.482. The van der Waals surface area contributed by atoms with Gasteiger partial charge >= 0.3 is 0 Å². The van der Waals surface area contributed by atoms with E-state index in [9.17, 15) is 4.39 Å². The Morgan fingerprint density at radius 1 is 1.21 bits per heavy atom. The third-order valence-electron chi connectivity index (χ3n) is 3.79. The number of hydrogen-bond acceptors (Lipinski definition) is 1. The number of nitrogens with zero attached hydrogens (tertiary/aromatic N) is 2. The molecule has 0 spiro atoms. The lowest BCUT2D eigenvalue weighted by Crippen LogP contribution is -2.34. The Kier molecular flexibility index (Phi) is 2.70. The van der Waals surface area contributed by atoms with Crippen LogP contribution in [0.5, 0.6) is 0 Å². The highest BCUT2D eigenvalue weighted by Gasteiger charge is 2.20. The molecule has 0 N–H and O–H groups in total. The molecule has 2 nitrogen and oxygen atoms in total. The smallest absolute Gasteiger partial charge is 0.236 e. The summed E-state index contributed by atoms with van der Waals surface area (Å²) in [5.74, 6) is -0.156. The summed E-state index contributed by atoms with van der Waals surface area (Å²) in [5, 5.41) is 2.27. The number of fused-ring (bicyclic) bond motifs is 2. The summed E-state index contributed by atoms with van der Waals surface area (Å²) < 4.78 is 16.7. The van der Waals surface area contributed by atoms with Crippen LogP contribution in [0, 0.1) is 12.7 Å². The van der Waals surface area contributed by atoms with E-state index in [1.807, 2.05) is 49.7 Å². The van der Waals surface area contributed by atoms with Gasteiger partial charge in [0.05, 0.1) is 7.05 Å². The van der Waals surface area contributed by atoms with E-state index in [-0.39, 0.29) is 5.82 Å². The van der Waals surface area contributed by atoms with Crippen molar-refractivity contribution in [2.45, 2.75) is 20.3 Å². The second-order valence-corrected chi connectivity index (χ2v) is 4.86. The Labute approximate surface area is 111 Å². The Morgan fingerprint density at radius 2 is 1.89 bits per heavy atom. The lowest BCUT2D eigenvalue weighted by molar-refractivity contribution is -0.680. The summed E-state index contributed by atoms with van der Waals surface area (Å²) in [6.07, 6.45) is 2.55. The van der Waals surface area contributed by atoms with Gasteiger partial charge in [-0.1, -0.05) is 31.2 Å². The van der Waals surface area contributed by atoms with Crippen molar-refractivity contribution in [1.29, 1.82) is 0 Å². The van der Waals surface area contributed by atoms with Crippen molar-refractivity contribution in [3.63, 3.8) is 0 Å². The van der Waals surface area contributed by atoms with E-state index in [0.717, 1.165) is 28.6 Å². The predicted molar refractivity (Wildman–Crippen MR) is 74.5 cm³/mol. The van der Waals surface area contributed by atoms with Crippen molar-refractivity contribution in [2.24, 2.45) is 7.05 Å². The molecule has 96 valence electrons. The van der Waals surface area contributed by atoms with Crippen LogP contribution in [0.1, 0.15) is 18.2 Å². The first-order valence-electron chi connectivity index (χ1n) is 6.49. The van der Waals surface area contributed by atoms with Crippen molar-refractivity contribution in [3.8, 4) is 0 Å². The lowest BCUT2D eigenvalue weighted by atomic mass is 9.99. The highest BCUT2D eigenvalue weighted by molar-refractivity contribution is 6.01. The normalized spacial score (nSPS) is 11.4. The van der Waals surface area contributed by atoms with E-state index in [0.29, 0.717) is 10.8 Å². The average Bonchev–Trinajstić information content (AvgIpc) is 2.44. The lowest BCUT2D eigenvalue weighted by Gasteiger charge is -2.09.